The molecule has 5 rings (SSSR count). The Kier molecular flexibility index (Phi) is 3.97. The van der Waals surface area contributed by atoms with E-state index in [0.717, 1.165) is 36.2 Å². The van der Waals surface area contributed by atoms with Crippen LogP contribution in [0.2, 0.25) is 0 Å². The number of rotatable bonds is 2. The van der Waals surface area contributed by atoms with Gasteiger partial charge in [-0.3, -0.25) is 9.48 Å². The lowest BCUT2D eigenvalue weighted by Gasteiger charge is -2.35. The first kappa shape index (κ1) is 17.0. The molecule has 0 unspecified atom stereocenters. The van der Waals surface area contributed by atoms with E-state index >= 15 is 0 Å². The number of Topliss-reactive ketones (excluding diaryl/α,β-unsaturated/α-hetero) is 1. The van der Waals surface area contributed by atoms with E-state index in [4.69, 9.17) is 0 Å². The van der Waals surface area contributed by atoms with Crippen LogP contribution >= 0.6 is 0 Å². The van der Waals surface area contributed by atoms with Crippen LogP contribution < -0.4 is 10.2 Å². The number of ketones is 1. The number of hydrogen-bond donors (Lipinski definition) is 1. The molecule has 3 heterocycles. The summed E-state index contributed by atoms with van der Waals surface area (Å²) in [5, 5.41) is 7.74. The second kappa shape index (κ2) is 6.51. The minimum absolute atomic E-state index is 0.133. The average molecular weight is 372 g/mol. The topological polar surface area (TPSA) is 50.2 Å². The lowest BCUT2D eigenvalue weighted by Crippen LogP contribution is -2.34. The van der Waals surface area contributed by atoms with Gasteiger partial charge >= 0.3 is 0 Å². The highest BCUT2D eigenvalue weighted by atomic mass is 16.1. The van der Waals surface area contributed by atoms with E-state index in [1.807, 2.05) is 24.9 Å². The van der Waals surface area contributed by atoms with Gasteiger partial charge in [0.05, 0.1) is 23.6 Å². The first-order chi connectivity index (χ1) is 13.6. The van der Waals surface area contributed by atoms with Crippen LogP contribution in [0.1, 0.15) is 24.5 Å². The van der Waals surface area contributed by atoms with Crippen LogP contribution in [0.3, 0.4) is 0 Å². The van der Waals surface area contributed by atoms with Gasteiger partial charge in [0.2, 0.25) is 0 Å². The molecule has 5 heteroatoms. The molecule has 3 aromatic rings. The average Bonchev–Trinajstić information content (AvgIpc) is 3.14. The molecule has 0 radical (unpaired) electrons. The largest absolute Gasteiger partial charge is 0.374 e. The fourth-order valence-corrected chi connectivity index (χ4v) is 4.36. The summed E-state index contributed by atoms with van der Waals surface area (Å²) in [6.07, 6.45) is 6.67. The summed E-state index contributed by atoms with van der Waals surface area (Å²) in [7, 11) is 1.95. The Balaban J connectivity index is 1.56. The second-order valence-electron chi connectivity index (χ2n) is 7.82. The quantitative estimate of drug-likeness (QED) is 0.736. The van der Waals surface area contributed by atoms with Crippen molar-refractivity contribution in [2.45, 2.75) is 32.2 Å². The summed E-state index contributed by atoms with van der Waals surface area (Å²) in [4.78, 5) is 14.5. The van der Waals surface area contributed by atoms with Crippen molar-refractivity contribution in [1.82, 2.24) is 9.78 Å². The number of carbonyl (C=O) groups excluding carboxylic acids is 1. The number of anilines is 3. The van der Waals surface area contributed by atoms with Crippen LogP contribution in [0.5, 0.6) is 0 Å². The van der Waals surface area contributed by atoms with E-state index in [1.165, 1.54) is 22.5 Å². The number of hydrogen-bond acceptors (Lipinski definition) is 4. The number of nitrogens with zero attached hydrogens (tertiary/aromatic N) is 3. The van der Waals surface area contributed by atoms with Crippen LogP contribution in [0.25, 0.3) is 11.1 Å². The van der Waals surface area contributed by atoms with Crippen molar-refractivity contribution >= 4 is 22.8 Å². The van der Waals surface area contributed by atoms with Crippen molar-refractivity contribution in [3.8, 4) is 11.1 Å². The van der Waals surface area contributed by atoms with Crippen LogP contribution in [-0.4, -0.2) is 28.2 Å². The zero-order valence-corrected chi connectivity index (χ0v) is 16.3. The molecule has 0 spiro atoms. The maximum atomic E-state index is 12.1. The molecule has 0 bridgehead atoms. The number of benzene rings is 2. The van der Waals surface area contributed by atoms with E-state index in [0.29, 0.717) is 6.42 Å². The summed E-state index contributed by atoms with van der Waals surface area (Å²) in [6.45, 7) is 2.94. The third-order valence-corrected chi connectivity index (χ3v) is 5.86. The Morgan fingerprint density at radius 3 is 2.82 bits per heavy atom. The number of carbonyl (C=O) groups is 1. The zero-order chi connectivity index (χ0) is 19.3. The highest BCUT2D eigenvalue weighted by Crippen LogP contribution is 2.41. The molecule has 0 fully saturated rings. The van der Waals surface area contributed by atoms with Gasteiger partial charge in [-0.25, -0.2) is 0 Å². The first-order valence-electron chi connectivity index (χ1n) is 9.91. The molecule has 1 aromatic heterocycles. The fourth-order valence-electron chi connectivity index (χ4n) is 4.36. The number of nitrogens with one attached hydrogen (secondary N) is 1. The zero-order valence-electron chi connectivity index (χ0n) is 16.3. The SMILES string of the molecule is C[C@H]1Nc2c(cccc2N2CCCc3cc(-c4cnn(C)c4)ccc32)CC1=O. The van der Waals surface area contributed by atoms with Crippen LogP contribution in [0, 0.1) is 0 Å². The maximum absolute atomic E-state index is 12.1. The Bertz CT molecular complexity index is 1070. The fraction of sp³-hybridized carbons (Fsp3) is 0.304. The Morgan fingerprint density at radius 2 is 2.00 bits per heavy atom. The van der Waals surface area contributed by atoms with Crippen LogP contribution in [-0.2, 0) is 24.7 Å². The van der Waals surface area contributed by atoms with Gasteiger partial charge in [0.1, 0.15) is 0 Å². The summed E-state index contributed by atoms with van der Waals surface area (Å²) >= 11 is 0. The van der Waals surface area contributed by atoms with Gasteiger partial charge in [-0.2, -0.15) is 5.10 Å². The third kappa shape index (κ3) is 2.78. The van der Waals surface area contributed by atoms with E-state index in [9.17, 15) is 4.79 Å². The molecule has 28 heavy (non-hydrogen) atoms. The van der Waals surface area contributed by atoms with Crippen LogP contribution in [0.15, 0.2) is 48.8 Å². The molecular weight excluding hydrogens is 348 g/mol. The molecule has 1 N–H and O–H groups in total. The van der Waals surface area contributed by atoms with Crippen molar-refractivity contribution in [2.24, 2.45) is 7.05 Å². The summed E-state index contributed by atoms with van der Waals surface area (Å²) in [5.74, 6) is 0.254. The highest BCUT2D eigenvalue weighted by molar-refractivity contribution is 5.96. The van der Waals surface area contributed by atoms with Crippen molar-refractivity contribution < 1.29 is 4.79 Å². The minimum atomic E-state index is -0.133. The van der Waals surface area contributed by atoms with Gasteiger partial charge < -0.3 is 10.2 Å². The molecule has 0 saturated heterocycles. The molecule has 0 saturated carbocycles. The predicted octanol–water partition coefficient (Wildman–Crippen LogP) is 4.10. The normalized spacial score (nSPS) is 18.4. The number of fused-ring (bicyclic) bond motifs is 2. The van der Waals surface area contributed by atoms with E-state index in [-0.39, 0.29) is 11.8 Å². The molecule has 0 aliphatic carbocycles. The molecule has 142 valence electrons. The molecule has 1 atom stereocenters. The molecule has 0 amide bonds. The minimum Gasteiger partial charge on any atom is -0.374 e. The number of para-hydroxylation sites is 1. The highest BCUT2D eigenvalue weighted by Gasteiger charge is 2.27. The van der Waals surface area contributed by atoms with Gasteiger partial charge in [0.15, 0.2) is 5.78 Å². The van der Waals surface area contributed by atoms with Gasteiger partial charge in [-0.1, -0.05) is 18.2 Å². The smallest absolute Gasteiger partial charge is 0.159 e. The van der Waals surface area contributed by atoms with Crippen molar-refractivity contribution in [1.29, 1.82) is 0 Å². The van der Waals surface area contributed by atoms with Gasteiger partial charge in [0.25, 0.3) is 0 Å². The van der Waals surface area contributed by atoms with Gasteiger partial charge in [0, 0.05) is 37.5 Å². The third-order valence-electron chi connectivity index (χ3n) is 5.86. The number of aryl methyl sites for hydroxylation is 2. The van der Waals surface area contributed by atoms with Crippen molar-refractivity contribution in [3.05, 3.63) is 59.9 Å². The van der Waals surface area contributed by atoms with Gasteiger partial charge in [-0.05, 0) is 54.7 Å². The molecular formula is C23H24N4O. The van der Waals surface area contributed by atoms with Gasteiger partial charge in [-0.15, -0.1) is 0 Å². The lowest BCUT2D eigenvalue weighted by molar-refractivity contribution is -0.119. The molecule has 2 aromatic carbocycles. The van der Waals surface area contributed by atoms with E-state index in [2.05, 4.69) is 57.9 Å². The summed E-state index contributed by atoms with van der Waals surface area (Å²) in [5.41, 5.74) is 8.36. The Morgan fingerprint density at radius 1 is 1.11 bits per heavy atom. The van der Waals surface area contributed by atoms with Crippen LogP contribution in [0.4, 0.5) is 17.1 Å². The Hall–Kier alpha value is -3.08. The summed E-state index contributed by atoms with van der Waals surface area (Å²) < 4.78 is 1.84. The summed E-state index contributed by atoms with van der Waals surface area (Å²) in [6, 6.07) is 12.9. The first-order valence-corrected chi connectivity index (χ1v) is 9.91. The molecule has 2 aliphatic heterocycles. The van der Waals surface area contributed by atoms with E-state index < -0.39 is 0 Å². The lowest BCUT2D eigenvalue weighted by atomic mass is 9.94. The monoisotopic (exact) mass is 372 g/mol. The maximum Gasteiger partial charge on any atom is 0.159 e. The predicted molar refractivity (Wildman–Crippen MR) is 112 cm³/mol. The standard InChI is InChI=1S/C23H24N4O/c1-15-22(28)12-18-5-3-7-21(23(18)25-15)27-10-4-6-17-11-16(8-9-20(17)27)19-13-24-26(2)14-19/h3,5,7-9,11,13-15,25H,4,6,10,12H2,1-2H3/t15-/m1/s1. The molecule has 5 nitrogen and oxygen atoms in total. The number of aromatic nitrogens is 2. The van der Waals surface area contributed by atoms with E-state index in [1.54, 1.807) is 0 Å². The van der Waals surface area contributed by atoms with Crippen molar-refractivity contribution in [3.63, 3.8) is 0 Å². The second-order valence-corrected chi connectivity index (χ2v) is 7.82. The van der Waals surface area contributed by atoms with Crippen molar-refractivity contribution in [2.75, 3.05) is 16.8 Å². The Labute approximate surface area is 165 Å². The molecule has 2 aliphatic rings.